The maximum Gasteiger partial charge on any atom is 0.472 e. The summed E-state index contributed by atoms with van der Waals surface area (Å²) in [5.41, 5.74) is 0. The summed E-state index contributed by atoms with van der Waals surface area (Å²) in [5.74, 6) is -0.185. The van der Waals surface area contributed by atoms with Gasteiger partial charge in [-0.15, -0.1) is 0 Å². The van der Waals surface area contributed by atoms with Gasteiger partial charge in [0, 0.05) is 6.42 Å². The highest BCUT2D eigenvalue weighted by Gasteiger charge is 2.27. The number of aliphatic hydroxyl groups is 1. The predicted molar refractivity (Wildman–Crippen MR) is 304 cm³/mol. The molecule has 0 heterocycles. The average Bonchev–Trinajstić information content (AvgIpc) is 3.32. The second kappa shape index (κ2) is 52.6. The molecule has 70 heavy (non-hydrogen) atoms. The third-order valence-electron chi connectivity index (χ3n) is 13.8. The van der Waals surface area contributed by atoms with Crippen LogP contribution in [0.5, 0.6) is 0 Å². The fourth-order valence-electron chi connectivity index (χ4n) is 9.08. The zero-order chi connectivity index (χ0) is 51.3. The number of likely N-dealkylation sites (N-methyl/N-ethyl adjacent to an activating group) is 1. The van der Waals surface area contributed by atoms with Crippen molar-refractivity contribution in [1.29, 1.82) is 0 Å². The highest BCUT2D eigenvalue weighted by Crippen LogP contribution is 2.43. The third kappa shape index (κ3) is 54.5. The number of unbranched alkanes of at least 4 members (excludes halogenated alkanes) is 39. The number of aliphatic hydroxyl groups excluding tert-OH is 1. The number of carbonyl (C=O) groups is 1. The summed E-state index contributed by atoms with van der Waals surface area (Å²) >= 11 is 0. The van der Waals surface area contributed by atoms with Crippen LogP contribution in [-0.2, 0) is 18.4 Å². The van der Waals surface area contributed by atoms with Crippen molar-refractivity contribution in [2.24, 2.45) is 0 Å². The number of hydrogen-bond acceptors (Lipinski definition) is 5. The summed E-state index contributed by atoms with van der Waals surface area (Å²) in [6.45, 7) is 4.83. The van der Waals surface area contributed by atoms with Crippen LogP contribution in [0.4, 0.5) is 0 Å². The number of nitrogens with one attached hydrogen (secondary N) is 1. The molecule has 0 radical (unpaired) electrons. The van der Waals surface area contributed by atoms with Crippen LogP contribution in [0.15, 0.2) is 36.5 Å². The van der Waals surface area contributed by atoms with Crippen molar-refractivity contribution in [3.8, 4) is 0 Å². The fraction of sp³-hybridized carbons (Fsp3) is 0.885. The lowest BCUT2D eigenvalue weighted by molar-refractivity contribution is -0.870. The Balaban J connectivity index is 4.22. The van der Waals surface area contributed by atoms with Gasteiger partial charge in [-0.2, -0.15) is 0 Å². The SMILES string of the molecule is CCCCCCCCCCCCCCC/C=C/CC/C=C/CC/C=C/C(O)C(COP(=O)(O)OCC[N+](C)(C)C)NC(=O)CCCCCCCCCCCCCCCCCCCCCCCCCCC. The van der Waals surface area contributed by atoms with E-state index in [2.05, 4.69) is 43.5 Å². The number of allylic oxidation sites excluding steroid dienone is 5. The molecule has 0 saturated heterocycles. The molecule has 3 atom stereocenters. The van der Waals surface area contributed by atoms with E-state index >= 15 is 0 Å². The third-order valence-corrected chi connectivity index (χ3v) is 14.8. The lowest BCUT2D eigenvalue weighted by Gasteiger charge is -2.25. The second-order valence-electron chi connectivity index (χ2n) is 22.1. The van der Waals surface area contributed by atoms with Gasteiger partial charge in [0.05, 0.1) is 39.9 Å². The maximum atomic E-state index is 13.0. The highest BCUT2D eigenvalue weighted by molar-refractivity contribution is 7.47. The van der Waals surface area contributed by atoms with E-state index in [4.69, 9.17) is 9.05 Å². The van der Waals surface area contributed by atoms with Crippen molar-refractivity contribution in [3.05, 3.63) is 36.5 Å². The number of rotatable bonds is 56. The van der Waals surface area contributed by atoms with Gasteiger partial charge in [-0.3, -0.25) is 13.8 Å². The molecule has 0 spiro atoms. The number of hydrogen-bond donors (Lipinski definition) is 3. The van der Waals surface area contributed by atoms with E-state index in [0.29, 0.717) is 17.4 Å². The Kier molecular flexibility index (Phi) is 51.6. The Hall–Kier alpha value is -1.28. The molecule has 0 aliphatic rings. The maximum absolute atomic E-state index is 13.0. The summed E-state index contributed by atoms with van der Waals surface area (Å²) in [6, 6.07) is -0.868. The molecule has 9 heteroatoms. The van der Waals surface area contributed by atoms with Crippen LogP contribution in [0.1, 0.15) is 296 Å². The standard InChI is InChI=1S/C61H119N2O6P/c1-6-8-10-12-14-16-18-20-22-24-26-28-30-31-33-35-37-39-41-43-45-47-49-51-53-55-61(65)62-59(58-69-70(66,67)68-57-56-63(3,4)5)60(64)54-52-50-48-46-44-42-40-38-36-34-32-29-27-25-23-21-19-17-15-13-11-9-7-2/h36,38,44,46,52,54,59-60,64H,6-35,37,39-43,45,47-51,53,55-58H2,1-5H3,(H-,62,65,66,67)/p+1/b38-36+,46-44+,54-52+. The van der Waals surface area contributed by atoms with Crippen LogP contribution in [-0.4, -0.2) is 73.4 Å². The number of carbonyl (C=O) groups excluding carboxylic acids is 1. The Morgan fingerprint density at radius 2 is 0.786 bits per heavy atom. The van der Waals surface area contributed by atoms with Crippen molar-refractivity contribution >= 4 is 13.7 Å². The first-order valence-corrected chi connectivity index (χ1v) is 31.9. The number of quaternary nitrogens is 1. The average molecular weight is 1010 g/mol. The van der Waals surface area contributed by atoms with Gasteiger partial charge in [-0.25, -0.2) is 4.57 Å². The molecule has 0 aliphatic carbocycles. The Bertz CT molecular complexity index is 1230. The van der Waals surface area contributed by atoms with Crippen molar-refractivity contribution in [2.75, 3.05) is 40.9 Å². The molecule has 0 aliphatic heterocycles. The van der Waals surface area contributed by atoms with Crippen LogP contribution in [0.25, 0.3) is 0 Å². The lowest BCUT2D eigenvalue weighted by atomic mass is 10.0. The van der Waals surface area contributed by atoms with Gasteiger partial charge in [0.1, 0.15) is 13.2 Å². The number of phosphoric acid groups is 1. The zero-order valence-corrected chi connectivity index (χ0v) is 48.2. The quantitative estimate of drug-likeness (QED) is 0.0243. The number of amides is 1. The van der Waals surface area contributed by atoms with Gasteiger partial charge < -0.3 is 19.8 Å². The van der Waals surface area contributed by atoms with Crippen LogP contribution < -0.4 is 5.32 Å². The molecule has 1 amide bonds. The molecule has 3 unspecified atom stereocenters. The smallest absolute Gasteiger partial charge is 0.387 e. The first-order valence-electron chi connectivity index (χ1n) is 30.4. The van der Waals surface area contributed by atoms with E-state index in [1.54, 1.807) is 6.08 Å². The molecule has 0 aromatic carbocycles. The molecule has 8 nitrogen and oxygen atoms in total. The second-order valence-corrected chi connectivity index (χ2v) is 23.5. The van der Waals surface area contributed by atoms with Crippen LogP contribution in [0.3, 0.4) is 0 Å². The van der Waals surface area contributed by atoms with Crippen molar-refractivity contribution in [1.82, 2.24) is 5.32 Å². The Morgan fingerprint density at radius 3 is 1.14 bits per heavy atom. The summed E-state index contributed by atoms with van der Waals surface area (Å²) < 4.78 is 23.7. The van der Waals surface area contributed by atoms with Crippen molar-refractivity contribution in [2.45, 2.75) is 309 Å². The lowest BCUT2D eigenvalue weighted by Crippen LogP contribution is -2.45. The number of nitrogens with zero attached hydrogens (tertiary/aromatic N) is 1. The topological polar surface area (TPSA) is 105 Å². The minimum absolute atomic E-state index is 0.0552. The van der Waals surface area contributed by atoms with E-state index in [1.807, 2.05) is 27.2 Å². The van der Waals surface area contributed by atoms with Crippen LogP contribution in [0, 0.1) is 0 Å². The number of phosphoric ester groups is 1. The van der Waals surface area contributed by atoms with E-state index in [0.717, 1.165) is 44.9 Å². The molecule has 0 saturated carbocycles. The fourth-order valence-corrected chi connectivity index (χ4v) is 9.81. The van der Waals surface area contributed by atoms with E-state index in [-0.39, 0.29) is 19.1 Å². The molecule has 0 rings (SSSR count). The molecule has 0 aromatic rings. The molecule has 3 N–H and O–H groups in total. The van der Waals surface area contributed by atoms with Gasteiger partial charge in [-0.1, -0.05) is 281 Å². The minimum atomic E-state index is -4.36. The summed E-state index contributed by atoms with van der Waals surface area (Å²) in [7, 11) is 1.56. The monoisotopic (exact) mass is 1010 g/mol. The first-order chi connectivity index (χ1) is 34.0. The predicted octanol–water partition coefficient (Wildman–Crippen LogP) is 18.5. The van der Waals surface area contributed by atoms with Gasteiger partial charge in [0.2, 0.25) is 5.91 Å². The van der Waals surface area contributed by atoms with Gasteiger partial charge in [0.25, 0.3) is 0 Å². The van der Waals surface area contributed by atoms with Crippen molar-refractivity contribution < 1.29 is 32.9 Å². The zero-order valence-electron chi connectivity index (χ0n) is 47.3. The molecule has 414 valence electrons. The first kappa shape index (κ1) is 68.7. The van der Waals surface area contributed by atoms with Gasteiger partial charge in [0.15, 0.2) is 0 Å². The normalized spacial score (nSPS) is 14.1. The van der Waals surface area contributed by atoms with E-state index in [1.165, 1.54) is 231 Å². The van der Waals surface area contributed by atoms with Gasteiger partial charge in [-0.05, 0) is 44.9 Å². The van der Waals surface area contributed by atoms with Gasteiger partial charge >= 0.3 is 7.82 Å². The Labute approximate surface area is 436 Å². The van der Waals surface area contributed by atoms with E-state index < -0.39 is 20.0 Å². The Morgan fingerprint density at radius 1 is 0.471 bits per heavy atom. The molecule has 0 fully saturated rings. The van der Waals surface area contributed by atoms with Crippen molar-refractivity contribution in [3.63, 3.8) is 0 Å². The summed E-state index contributed by atoms with van der Waals surface area (Å²) in [6.07, 6.45) is 68.3. The van der Waals surface area contributed by atoms with Crippen LogP contribution in [0.2, 0.25) is 0 Å². The van der Waals surface area contributed by atoms with Crippen LogP contribution >= 0.6 is 7.82 Å². The summed E-state index contributed by atoms with van der Waals surface area (Å²) in [5, 5.41) is 13.9. The van der Waals surface area contributed by atoms with E-state index in [9.17, 15) is 19.4 Å². The molecular weight excluding hydrogens is 888 g/mol. The molecular formula is C61H120N2O6P+. The largest absolute Gasteiger partial charge is 0.472 e. The highest BCUT2D eigenvalue weighted by atomic mass is 31.2. The summed E-state index contributed by atoms with van der Waals surface area (Å²) in [4.78, 5) is 23.3. The minimum Gasteiger partial charge on any atom is -0.387 e. The molecule has 0 aromatic heterocycles. The molecule has 0 bridgehead atoms.